The van der Waals surface area contributed by atoms with E-state index in [1.165, 1.54) is 0 Å². The summed E-state index contributed by atoms with van der Waals surface area (Å²) in [4.78, 5) is 11.1. The Morgan fingerprint density at radius 1 is 1.53 bits per heavy atom. The van der Waals surface area contributed by atoms with Crippen LogP contribution in [0.5, 0.6) is 5.75 Å². The molecular formula is C13H18N2O2. The second kappa shape index (κ2) is 6.06. The number of hydrazine groups is 1. The minimum atomic E-state index is -0.351. The standard InChI is InChI=1S/C13H18N2O2/c1-4-5-11-7-6-9(2)10(3)13(11)17-8-12(16)15-14/h4,6-7H,1,5,8,14H2,2-3H3,(H,15,16). The quantitative estimate of drug-likeness (QED) is 0.350. The third-order valence-corrected chi connectivity index (χ3v) is 2.63. The summed E-state index contributed by atoms with van der Waals surface area (Å²) in [6.07, 6.45) is 2.51. The molecule has 4 heteroatoms. The van der Waals surface area contributed by atoms with Gasteiger partial charge in [-0.05, 0) is 37.0 Å². The smallest absolute Gasteiger partial charge is 0.271 e. The Labute approximate surface area is 101 Å². The first-order valence-corrected chi connectivity index (χ1v) is 5.42. The lowest BCUT2D eigenvalue weighted by atomic mass is 10.0. The molecule has 1 aromatic rings. The van der Waals surface area contributed by atoms with Crippen LogP contribution in [0.25, 0.3) is 0 Å². The summed E-state index contributed by atoms with van der Waals surface area (Å²) in [5.74, 6) is 5.40. The van der Waals surface area contributed by atoms with E-state index >= 15 is 0 Å². The summed E-state index contributed by atoms with van der Waals surface area (Å²) in [7, 11) is 0. The van der Waals surface area contributed by atoms with Gasteiger partial charge < -0.3 is 4.74 Å². The Balaban J connectivity index is 2.96. The zero-order chi connectivity index (χ0) is 12.8. The van der Waals surface area contributed by atoms with E-state index in [4.69, 9.17) is 10.6 Å². The summed E-state index contributed by atoms with van der Waals surface area (Å²) < 4.78 is 5.51. The van der Waals surface area contributed by atoms with Crippen LogP contribution in [0.15, 0.2) is 24.8 Å². The molecule has 92 valence electrons. The number of nitrogens with one attached hydrogen (secondary N) is 1. The van der Waals surface area contributed by atoms with Crippen LogP contribution < -0.4 is 16.0 Å². The fraction of sp³-hybridized carbons (Fsp3) is 0.308. The van der Waals surface area contributed by atoms with Crippen LogP contribution in [0, 0.1) is 13.8 Å². The SMILES string of the molecule is C=CCc1ccc(C)c(C)c1OCC(=O)NN. The first kappa shape index (κ1) is 13.3. The summed E-state index contributed by atoms with van der Waals surface area (Å²) in [6, 6.07) is 4.02. The molecule has 0 bridgehead atoms. The highest BCUT2D eigenvalue weighted by Crippen LogP contribution is 2.27. The van der Waals surface area contributed by atoms with Crippen molar-refractivity contribution in [2.75, 3.05) is 6.61 Å². The maximum absolute atomic E-state index is 11.1. The van der Waals surface area contributed by atoms with Gasteiger partial charge in [0.25, 0.3) is 5.91 Å². The van der Waals surface area contributed by atoms with Gasteiger partial charge in [0.15, 0.2) is 6.61 Å². The highest BCUT2D eigenvalue weighted by atomic mass is 16.5. The lowest BCUT2D eigenvalue weighted by Crippen LogP contribution is -2.34. The molecule has 0 spiro atoms. The molecule has 0 unspecified atom stereocenters. The third kappa shape index (κ3) is 3.32. The van der Waals surface area contributed by atoms with Gasteiger partial charge in [0.05, 0.1) is 0 Å². The van der Waals surface area contributed by atoms with Crippen LogP contribution in [0.3, 0.4) is 0 Å². The van der Waals surface area contributed by atoms with Crippen molar-refractivity contribution in [3.8, 4) is 5.75 Å². The molecule has 0 saturated heterocycles. The highest BCUT2D eigenvalue weighted by Gasteiger charge is 2.10. The molecule has 0 atom stereocenters. The Morgan fingerprint density at radius 3 is 2.82 bits per heavy atom. The molecule has 17 heavy (non-hydrogen) atoms. The number of hydrogen-bond donors (Lipinski definition) is 2. The maximum Gasteiger partial charge on any atom is 0.271 e. The number of aryl methyl sites for hydroxylation is 1. The lowest BCUT2D eigenvalue weighted by molar-refractivity contribution is -0.123. The number of ether oxygens (including phenoxy) is 1. The van der Waals surface area contributed by atoms with Crippen LogP contribution in [-0.2, 0) is 11.2 Å². The highest BCUT2D eigenvalue weighted by molar-refractivity contribution is 5.76. The number of rotatable bonds is 5. The monoisotopic (exact) mass is 234 g/mol. The summed E-state index contributed by atoms with van der Waals surface area (Å²) in [5.41, 5.74) is 5.22. The van der Waals surface area contributed by atoms with Crippen LogP contribution in [0.2, 0.25) is 0 Å². The van der Waals surface area contributed by atoms with Crippen LogP contribution in [0.1, 0.15) is 16.7 Å². The molecule has 1 amide bonds. The second-order valence-electron chi connectivity index (χ2n) is 3.84. The molecule has 1 aromatic carbocycles. The van der Waals surface area contributed by atoms with E-state index in [9.17, 15) is 4.79 Å². The van der Waals surface area contributed by atoms with Crippen molar-refractivity contribution in [2.24, 2.45) is 5.84 Å². The molecule has 0 aromatic heterocycles. The molecule has 0 fully saturated rings. The van der Waals surface area contributed by atoms with Crippen molar-refractivity contribution in [2.45, 2.75) is 20.3 Å². The van der Waals surface area contributed by atoms with Crippen molar-refractivity contribution in [1.82, 2.24) is 5.43 Å². The van der Waals surface area contributed by atoms with Gasteiger partial charge in [0.2, 0.25) is 0 Å². The van der Waals surface area contributed by atoms with Gasteiger partial charge >= 0.3 is 0 Å². The van der Waals surface area contributed by atoms with Gasteiger partial charge in [-0.15, -0.1) is 6.58 Å². The average molecular weight is 234 g/mol. The second-order valence-corrected chi connectivity index (χ2v) is 3.84. The minimum Gasteiger partial charge on any atom is -0.483 e. The fourth-order valence-electron chi connectivity index (χ4n) is 1.54. The van der Waals surface area contributed by atoms with Crippen molar-refractivity contribution in [3.05, 3.63) is 41.5 Å². The average Bonchev–Trinajstić information content (AvgIpc) is 2.33. The normalized spacial score (nSPS) is 9.82. The maximum atomic E-state index is 11.1. The van der Waals surface area contributed by atoms with E-state index in [1.807, 2.05) is 31.4 Å². The Morgan fingerprint density at radius 2 is 2.24 bits per heavy atom. The van der Waals surface area contributed by atoms with Gasteiger partial charge in [0.1, 0.15) is 5.75 Å². The van der Waals surface area contributed by atoms with E-state index < -0.39 is 0 Å². The molecule has 4 nitrogen and oxygen atoms in total. The molecule has 0 aliphatic rings. The van der Waals surface area contributed by atoms with E-state index in [0.29, 0.717) is 6.42 Å². The third-order valence-electron chi connectivity index (χ3n) is 2.63. The number of carbonyl (C=O) groups excluding carboxylic acids is 1. The molecule has 0 aliphatic carbocycles. The topological polar surface area (TPSA) is 64.3 Å². The predicted octanol–water partition coefficient (Wildman–Crippen LogP) is 1.40. The van der Waals surface area contributed by atoms with Gasteiger partial charge in [-0.25, -0.2) is 5.84 Å². The number of amides is 1. The van der Waals surface area contributed by atoms with Gasteiger partial charge in [0, 0.05) is 0 Å². The minimum absolute atomic E-state index is 0.0784. The largest absolute Gasteiger partial charge is 0.483 e. The van der Waals surface area contributed by atoms with Crippen LogP contribution in [0.4, 0.5) is 0 Å². The number of allylic oxidation sites excluding steroid dienone is 1. The Kier molecular flexibility index (Phi) is 4.72. The number of hydrogen-bond acceptors (Lipinski definition) is 3. The Bertz CT molecular complexity index is 428. The van der Waals surface area contributed by atoms with Gasteiger partial charge in [-0.2, -0.15) is 0 Å². The fourth-order valence-corrected chi connectivity index (χ4v) is 1.54. The number of nitrogens with two attached hydrogens (primary N) is 1. The summed E-state index contributed by atoms with van der Waals surface area (Å²) in [6.45, 7) is 7.60. The van der Waals surface area contributed by atoms with E-state index in [-0.39, 0.29) is 12.5 Å². The molecule has 3 N–H and O–H groups in total. The van der Waals surface area contributed by atoms with Crippen molar-refractivity contribution in [3.63, 3.8) is 0 Å². The summed E-state index contributed by atoms with van der Waals surface area (Å²) in [5, 5.41) is 0. The van der Waals surface area contributed by atoms with Crippen molar-refractivity contribution < 1.29 is 9.53 Å². The van der Waals surface area contributed by atoms with E-state index in [2.05, 4.69) is 6.58 Å². The first-order chi connectivity index (χ1) is 8.10. The lowest BCUT2D eigenvalue weighted by Gasteiger charge is -2.14. The number of benzene rings is 1. The van der Waals surface area contributed by atoms with Crippen molar-refractivity contribution >= 4 is 5.91 Å². The summed E-state index contributed by atoms with van der Waals surface area (Å²) >= 11 is 0. The molecule has 1 rings (SSSR count). The van der Waals surface area contributed by atoms with Crippen LogP contribution in [-0.4, -0.2) is 12.5 Å². The van der Waals surface area contributed by atoms with Crippen LogP contribution >= 0.6 is 0 Å². The van der Waals surface area contributed by atoms with E-state index in [0.717, 1.165) is 22.4 Å². The molecule has 0 radical (unpaired) electrons. The van der Waals surface area contributed by atoms with Gasteiger partial charge in [-0.3, -0.25) is 10.2 Å². The zero-order valence-corrected chi connectivity index (χ0v) is 10.2. The van der Waals surface area contributed by atoms with Crippen molar-refractivity contribution in [1.29, 1.82) is 0 Å². The first-order valence-electron chi connectivity index (χ1n) is 5.42. The number of carbonyl (C=O) groups is 1. The predicted molar refractivity (Wildman–Crippen MR) is 67.6 cm³/mol. The zero-order valence-electron chi connectivity index (χ0n) is 10.2. The molecular weight excluding hydrogens is 216 g/mol. The van der Waals surface area contributed by atoms with E-state index in [1.54, 1.807) is 6.08 Å². The van der Waals surface area contributed by atoms with Gasteiger partial charge in [-0.1, -0.05) is 18.2 Å². The molecule has 0 saturated carbocycles. The molecule has 0 aliphatic heterocycles. The molecule has 0 heterocycles. The Hall–Kier alpha value is -1.81.